The third kappa shape index (κ3) is 3.59. The lowest BCUT2D eigenvalue weighted by molar-refractivity contribution is -0.138. The lowest BCUT2D eigenvalue weighted by Crippen LogP contribution is -2.09. The van der Waals surface area contributed by atoms with E-state index in [-0.39, 0.29) is 12.1 Å². The first kappa shape index (κ1) is 10.3. The SMILES string of the molecule is CC=CC(=O)OCC1OC1CCC. The average Bonchev–Trinajstić information content (AvgIpc) is 2.82. The molecule has 1 rings (SSSR count). The van der Waals surface area contributed by atoms with E-state index < -0.39 is 0 Å². The summed E-state index contributed by atoms with van der Waals surface area (Å²) in [6.07, 6.45) is 5.73. The molecule has 1 aliphatic heterocycles. The zero-order valence-corrected chi connectivity index (χ0v) is 8.16. The van der Waals surface area contributed by atoms with Gasteiger partial charge in [-0.05, 0) is 13.3 Å². The Labute approximate surface area is 78.7 Å². The number of epoxide rings is 1. The maximum Gasteiger partial charge on any atom is 0.330 e. The predicted octanol–water partition coefficient (Wildman–Crippen LogP) is 1.67. The van der Waals surface area contributed by atoms with Gasteiger partial charge in [-0.1, -0.05) is 19.4 Å². The summed E-state index contributed by atoms with van der Waals surface area (Å²) >= 11 is 0. The number of rotatable bonds is 5. The molecule has 0 aliphatic carbocycles. The van der Waals surface area contributed by atoms with Crippen LogP contribution in [-0.2, 0) is 14.3 Å². The molecule has 0 radical (unpaired) electrons. The van der Waals surface area contributed by atoms with Gasteiger partial charge in [0, 0.05) is 6.08 Å². The molecule has 1 aliphatic rings. The minimum absolute atomic E-state index is 0.147. The molecule has 0 aromatic rings. The number of esters is 1. The van der Waals surface area contributed by atoms with Gasteiger partial charge in [-0.3, -0.25) is 0 Å². The summed E-state index contributed by atoms with van der Waals surface area (Å²) in [7, 11) is 0. The quantitative estimate of drug-likeness (QED) is 0.370. The van der Waals surface area contributed by atoms with Crippen molar-refractivity contribution in [2.45, 2.75) is 38.9 Å². The van der Waals surface area contributed by atoms with Gasteiger partial charge in [0.1, 0.15) is 12.7 Å². The van der Waals surface area contributed by atoms with Gasteiger partial charge >= 0.3 is 5.97 Å². The van der Waals surface area contributed by atoms with Crippen LogP contribution in [0, 0.1) is 0 Å². The summed E-state index contributed by atoms with van der Waals surface area (Å²) in [5.41, 5.74) is 0. The van der Waals surface area contributed by atoms with Crippen molar-refractivity contribution in [1.29, 1.82) is 0 Å². The van der Waals surface area contributed by atoms with Crippen LogP contribution in [0.2, 0.25) is 0 Å². The molecule has 0 N–H and O–H groups in total. The molecule has 13 heavy (non-hydrogen) atoms. The Hall–Kier alpha value is -0.830. The minimum Gasteiger partial charge on any atom is -0.460 e. The second kappa shape index (κ2) is 5.02. The molecule has 74 valence electrons. The lowest BCUT2D eigenvalue weighted by atomic mass is 10.2. The van der Waals surface area contributed by atoms with Gasteiger partial charge < -0.3 is 9.47 Å². The Bertz CT molecular complexity index is 198. The van der Waals surface area contributed by atoms with Crippen molar-refractivity contribution in [3.05, 3.63) is 12.2 Å². The minimum atomic E-state index is -0.284. The summed E-state index contributed by atoms with van der Waals surface area (Å²) < 4.78 is 10.2. The fourth-order valence-corrected chi connectivity index (χ4v) is 1.21. The van der Waals surface area contributed by atoms with E-state index in [0.717, 1.165) is 12.8 Å². The van der Waals surface area contributed by atoms with E-state index in [4.69, 9.17) is 9.47 Å². The highest BCUT2D eigenvalue weighted by Gasteiger charge is 2.38. The lowest BCUT2D eigenvalue weighted by Gasteiger charge is -1.97. The fraction of sp³-hybridized carbons (Fsp3) is 0.700. The number of ether oxygens (including phenoxy) is 2. The van der Waals surface area contributed by atoms with E-state index in [9.17, 15) is 4.79 Å². The van der Waals surface area contributed by atoms with Crippen molar-refractivity contribution < 1.29 is 14.3 Å². The highest BCUT2D eigenvalue weighted by Crippen LogP contribution is 2.26. The van der Waals surface area contributed by atoms with Crippen LogP contribution >= 0.6 is 0 Å². The fourth-order valence-electron chi connectivity index (χ4n) is 1.21. The molecular weight excluding hydrogens is 168 g/mol. The standard InChI is InChI=1S/C10H16O3/c1-3-5-8-9(13-8)7-12-10(11)6-4-2/h4,6,8-9H,3,5,7H2,1-2H3. The van der Waals surface area contributed by atoms with E-state index in [1.807, 2.05) is 0 Å². The normalized spacial score (nSPS) is 26.3. The Kier molecular flexibility index (Phi) is 3.96. The van der Waals surface area contributed by atoms with E-state index in [1.54, 1.807) is 13.0 Å². The number of carbonyl (C=O) groups excluding carboxylic acids is 1. The van der Waals surface area contributed by atoms with Gasteiger partial charge in [-0.2, -0.15) is 0 Å². The van der Waals surface area contributed by atoms with Crippen molar-refractivity contribution in [2.24, 2.45) is 0 Å². The second-order valence-corrected chi connectivity index (χ2v) is 3.13. The maximum absolute atomic E-state index is 10.9. The molecule has 0 aromatic heterocycles. The average molecular weight is 184 g/mol. The zero-order chi connectivity index (χ0) is 9.68. The molecule has 0 amide bonds. The molecule has 3 heteroatoms. The van der Waals surface area contributed by atoms with Crippen LogP contribution in [0.3, 0.4) is 0 Å². The summed E-state index contributed by atoms with van der Waals surface area (Å²) in [6.45, 7) is 4.30. The van der Waals surface area contributed by atoms with Gasteiger partial charge in [0.15, 0.2) is 0 Å². The van der Waals surface area contributed by atoms with Crippen molar-refractivity contribution in [1.82, 2.24) is 0 Å². The molecule has 1 saturated heterocycles. The third-order valence-corrected chi connectivity index (χ3v) is 1.95. The Balaban J connectivity index is 2.05. The highest BCUT2D eigenvalue weighted by atomic mass is 16.6. The summed E-state index contributed by atoms with van der Waals surface area (Å²) in [6, 6.07) is 0. The number of carbonyl (C=O) groups is 1. The van der Waals surface area contributed by atoms with Gasteiger partial charge in [0.2, 0.25) is 0 Å². The van der Waals surface area contributed by atoms with Crippen LogP contribution in [0.1, 0.15) is 26.7 Å². The maximum atomic E-state index is 10.9. The Morgan fingerprint density at radius 2 is 2.31 bits per heavy atom. The van der Waals surface area contributed by atoms with Crippen LogP contribution in [0.5, 0.6) is 0 Å². The molecule has 2 atom stereocenters. The van der Waals surface area contributed by atoms with Crippen molar-refractivity contribution >= 4 is 5.97 Å². The smallest absolute Gasteiger partial charge is 0.330 e. The molecule has 1 heterocycles. The number of allylic oxidation sites excluding steroid dienone is 1. The molecule has 0 bridgehead atoms. The van der Waals surface area contributed by atoms with Crippen LogP contribution in [0.4, 0.5) is 0 Å². The van der Waals surface area contributed by atoms with E-state index in [2.05, 4.69) is 6.92 Å². The monoisotopic (exact) mass is 184 g/mol. The predicted molar refractivity (Wildman–Crippen MR) is 49.3 cm³/mol. The molecule has 0 saturated carbocycles. The first-order chi connectivity index (χ1) is 6.27. The summed E-state index contributed by atoms with van der Waals surface area (Å²) in [5.74, 6) is -0.284. The number of hydrogen-bond acceptors (Lipinski definition) is 3. The van der Waals surface area contributed by atoms with Crippen LogP contribution in [-0.4, -0.2) is 24.8 Å². The van der Waals surface area contributed by atoms with Crippen molar-refractivity contribution in [3.8, 4) is 0 Å². The topological polar surface area (TPSA) is 38.8 Å². The van der Waals surface area contributed by atoms with E-state index in [1.165, 1.54) is 6.08 Å². The molecular formula is C10H16O3. The summed E-state index contributed by atoms with van der Waals surface area (Å²) in [4.78, 5) is 10.9. The molecule has 0 aromatic carbocycles. The van der Waals surface area contributed by atoms with Crippen molar-refractivity contribution in [2.75, 3.05) is 6.61 Å². The first-order valence-corrected chi connectivity index (χ1v) is 4.72. The Morgan fingerprint density at radius 3 is 2.92 bits per heavy atom. The molecule has 0 spiro atoms. The molecule has 1 fully saturated rings. The van der Waals surface area contributed by atoms with Crippen LogP contribution in [0.15, 0.2) is 12.2 Å². The molecule has 3 nitrogen and oxygen atoms in total. The highest BCUT2D eigenvalue weighted by molar-refractivity contribution is 5.81. The third-order valence-electron chi connectivity index (χ3n) is 1.95. The van der Waals surface area contributed by atoms with Gasteiger partial charge in [-0.25, -0.2) is 4.79 Å². The van der Waals surface area contributed by atoms with E-state index in [0.29, 0.717) is 12.7 Å². The number of hydrogen-bond donors (Lipinski definition) is 0. The van der Waals surface area contributed by atoms with Crippen LogP contribution < -0.4 is 0 Å². The molecule has 2 unspecified atom stereocenters. The first-order valence-electron chi connectivity index (χ1n) is 4.72. The summed E-state index contributed by atoms with van der Waals surface area (Å²) in [5, 5.41) is 0. The zero-order valence-electron chi connectivity index (χ0n) is 8.16. The van der Waals surface area contributed by atoms with E-state index >= 15 is 0 Å². The van der Waals surface area contributed by atoms with Crippen LogP contribution in [0.25, 0.3) is 0 Å². The largest absolute Gasteiger partial charge is 0.460 e. The van der Waals surface area contributed by atoms with Gasteiger partial charge in [-0.15, -0.1) is 0 Å². The Morgan fingerprint density at radius 1 is 1.54 bits per heavy atom. The van der Waals surface area contributed by atoms with Crippen molar-refractivity contribution in [3.63, 3.8) is 0 Å². The van der Waals surface area contributed by atoms with Gasteiger partial charge in [0.05, 0.1) is 6.10 Å². The van der Waals surface area contributed by atoms with Gasteiger partial charge in [0.25, 0.3) is 0 Å². The second-order valence-electron chi connectivity index (χ2n) is 3.13.